The molecule has 1 atom stereocenters. The molecule has 1 aliphatic heterocycles. The van der Waals surface area contributed by atoms with E-state index in [1.165, 1.54) is 12.8 Å². The molecule has 1 saturated heterocycles. The minimum absolute atomic E-state index is 0.236. The van der Waals surface area contributed by atoms with Gasteiger partial charge in [0.1, 0.15) is 17.6 Å². The number of furan rings is 1. The van der Waals surface area contributed by atoms with Gasteiger partial charge in [-0.2, -0.15) is 0 Å². The van der Waals surface area contributed by atoms with Crippen LogP contribution in [0.15, 0.2) is 40.9 Å². The summed E-state index contributed by atoms with van der Waals surface area (Å²) in [6.45, 7) is 1.34. The number of aliphatic hydroxyl groups excluding tert-OH is 2. The molecule has 1 aromatic carbocycles. The number of benzene rings is 1. The molecule has 0 bridgehead atoms. The molecule has 0 radical (unpaired) electrons. The fourth-order valence-corrected chi connectivity index (χ4v) is 6.76. The molecular formula is C27H35N5O5S. The number of hydrogen-bond acceptors (Lipinski definition) is 8. The van der Waals surface area contributed by atoms with Crippen molar-refractivity contribution in [3.8, 4) is 17.1 Å². The van der Waals surface area contributed by atoms with E-state index in [9.17, 15) is 13.5 Å². The highest BCUT2D eigenvalue weighted by Gasteiger charge is 2.44. The summed E-state index contributed by atoms with van der Waals surface area (Å²) in [6.07, 6.45) is 10.3. The Hall–Kier alpha value is -2.89. The number of sulfonamides is 1. The van der Waals surface area contributed by atoms with Gasteiger partial charge in [0, 0.05) is 13.1 Å². The van der Waals surface area contributed by atoms with Crippen LogP contribution in [0.4, 0.5) is 11.4 Å². The highest BCUT2D eigenvalue weighted by Crippen LogP contribution is 2.54. The summed E-state index contributed by atoms with van der Waals surface area (Å²) in [5.41, 5.74) is 3.17. The number of hydrogen-bond donors (Lipinski definition) is 3. The van der Waals surface area contributed by atoms with E-state index in [-0.39, 0.29) is 11.7 Å². The van der Waals surface area contributed by atoms with Gasteiger partial charge < -0.3 is 19.5 Å². The molecule has 0 amide bonds. The number of rotatable bonds is 9. The van der Waals surface area contributed by atoms with Gasteiger partial charge in [-0.3, -0.25) is 4.72 Å². The topological polar surface area (TPSA) is 134 Å². The Morgan fingerprint density at radius 3 is 2.55 bits per heavy atom. The predicted octanol–water partition coefficient (Wildman–Crippen LogP) is 3.87. The van der Waals surface area contributed by atoms with E-state index in [1.54, 1.807) is 16.9 Å². The van der Waals surface area contributed by atoms with Gasteiger partial charge >= 0.3 is 0 Å². The van der Waals surface area contributed by atoms with Gasteiger partial charge in [0.15, 0.2) is 5.76 Å². The Kier molecular flexibility index (Phi) is 6.69. The summed E-state index contributed by atoms with van der Waals surface area (Å²) in [7, 11) is -3.65. The molecular weight excluding hydrogens is 506 g/mol. The second-order valence-electron chi connectivity index (χ2n) is 11.1. The molecule has 10 nitrogen and oxygen atoms in total. The van der Waals surface area contributed by atoms with Gasteiger partial charge in [0.2, 0.25) is 10.0 Å². The van der Waals surface area contributed by atoms with Gasteiger partial charge in [-0.15, -0.1) is 5.10 Å². The first-order valence-corrected chi connectivity index (χ1v) is 15.2. The van der Waals surface area contributed by atoms with Crippen molar-refractivity contribution in [3.05, 3.63) is 42.3 Å². The van der Waals surface area contributed by atoms with Crippen LogP contribution < -0.4 is 9.62 Å². The number of piperidine rings is 1. The van der Waals surface area contributed by atoms with Crippen LogP contribution in [0.25, 0.3) is 17.1 Å². The summed E-state index contributed by atoms with van der Waals surface area (Å²) in [5, 5.41) is 28.5. The Morgan fingerprint density at radius 2 is 1.84 bits per heavy atom. The number of anilines is 2. The van der Waals surface area contributed by atoms with Crippen molar-refractivity contribution in [2.45, 2.75) is 57.5 Å². The summed E-state index contributed by atoms with van der Waals surface area (Å²) in [6, 6.07) is 9.01. The van der Waals surface area contributed by atoms with Crippen LogP contribution in [0, 0.1) is 11.3 Å². The Balaban J connectivity index is 1.28. The zero-order valence-corrected chi connectivity index (χ0v) is 22.2. The first kappa shape index (κ1) is 25.4. The molecule has 2 aromatic heterocycles. The smallest absolute Gasteiger partial charge is 0.234 e. The zero-order valence-electron chi connectivity index (χ0n) is 21.4. The fourth-order valence-electron chi connectivity index (χ4n) is 5.93. The third-order valence-electron chi connectivity index (χ3n) is 8.49. The molecule has 3 heterocycles. The van der Waals surface area contributed by atoms with E-state index in [4.69, 9.17) is 9.52 Å². The largest absolute Gasteiger partial charge is 0.457 e. The lowest BCUT2D eigenvalue weighted by Gasteiger charge is -2.35. The molecule has 3 aliphatic rings. The molecule has 6 rings (SSSR count). The van der Waals surface area contributed by atoms with E-state index in [0.29, 0.717) is 28.3 Å². The van der Waals surface area contributed by atoms with Crippen molar-refractivity contribution in [2.75, 3.05) is 35.1 Å². The lowest BCUT2D eigenvalue weighted by molar-refractivity contribution is 0.0894. The molecule has 3 aromatic rings. The lowest BCUT2D eigenvalue weighted by Crippen LogP contribution is -2.35. The minimum atomic E-state index is -3.65. The van der Waals surface area contributed by atoms with Crippen LogP contribution in [0.3, 0.4) is 0 Å². The monoisotopic (exact) mass is 541 g/mol. The van der Waals surface area contributed by atoms with E-state index in [0.717, 1.165) is 63.0 Å². The summed E-state index contributed by atoms with van der Waals surface area (Å²) < 4.78 is 34.8. The highest BCUT2D eigenvalue weighted by molar-refractivity contribution is 7.92. The maximum absolute atomic E-state index is 12.3. The average Bonchev–Trinajstić information content (AvgIpc) is 3.38. The Bertz CT molecular complexity index is 1380. The number of aliphatic hydroxyl groups is 2. The Labute approximate surface area is 222 Å². The first-order chi connectivity index (χ1) is 18.3. The van der Waals surface area contributed by atoms with Crippen molar-refractivity contribution in [3.63, 3.8) is 0 Å². The summed E-state index contributed by atoms with van der Waals surface area (Å²) in [4.78, 5) is 2.28. The normalized spacial score (nSPS) is 20.2. The third-order valence-corrected chi connectivity index (χ3v) is 9.75. The molecule has 11 heteroatoms. The van der Waals surface area contributed by atoms with Gasteiger partial charge in [-0.1, -0.05) is 18.1 Å². The Morgan fingerprint density at radius 1 is 1.08 bits per heavy atom. The van der Waals surface area contributed by atoms with Gasteiger partial charge in [-0.25, -0.2) is 13.1 Å². The molecule has 2 aliphatic carbocycles. The van der Waals surface area contributed by atoms with Crippen LogP contribution in [-0.4, -0.2) is 59.1 Å². The molecule has 204 valence electrons. The van der Waals surface area contributed by atoms with Gasteiger partial charge in [0.25, 0.3) is 0 Å². The SMILES string of the molecule is O=S(=O)(CCO)Nc1ccc(-n2cc(-c3ccc(C(O)C4CCCC4)o3)nn2)c(N2CCC3(CC2)CC3)c1. The highest BCUT2D eigenvalue weighted by atomic mass is 32.2. The maximum Gasteiger partial charge on any atom is 0.234 e. The molecule has 1 unspecified atom stereocenters. The quantitative estimate of drug-likeness (QED) is 0.372. The van der Waals surface area contributed by atoms with E-state index in [2.05, 4.69) is 19.9 Å². The zero-order chi connectivity index (χ0) is 26.3. The van der Waals surface area contributed by atoms with Crippen LogP contribution in [0.5, 0.6) is 0 Å². The maximum atomic E-state index is 12.3. The van der Waals surface area contributed by atoms with Crippen molar-refractivity contribution >= 4 is 21.4 Å². The van der Waals surface area contributed by atoms with Crippen molar-refractivity contribution in [2.24, 2.45) is 11.3 Å². The molecule has 2 saturated carbocycles. The lowest BCUT2D eigenvalue weighted by atomic mass is 9.93. The van der Waals surface area contributed by atoms with Crippen LogP contribution in [0.1, 0.15) is 63.2 Å². The van der Waals surface area contributed by atoms with Gasteiger partial charge in [0.05, 0.1) is 35.6 Å². The van der Waals surface area contributed by atoms with E-state index < -0.39 is 22.7 Å². The second kappa shape index (κ2) is 10.0. The van der Waals surface area contributed by atoms with Crippen molar-refractivity contribution < 1.29 is 23.0 Å². The summed E-state index contributed by atoms with van der Waals surface area (Å²) >= 11 is 0. The third kappa shape index (κ3) is 5.19. The number of nitrogens with zero attached hydrogens (tertiary/aromatic N) is 4. The predicted molar refractivity (Wildman–Crippen MR) is 144 cm³/mol. The molecule has 1 spiro atoms. The number of nitrogens with one attached hydrogen (secondary N) is 1. The number of aromatic nitrogens is 3. The fraction of sp³-hybridized carbons (Fsp3) is 0.556. The van der Waals surface area contributed by atoms with E-state index in [1.807, 2.05) is 24.3 Å². The van der Waals surface area contributed by atoms with Crippen LogP contribution in [-0.2, 0) is 10.0 Å². The van der Waals surface area contributed by atoms with Crippen LogP contribution in [0.2, 0.25) is 0 Å². The standard InChI is InChI=1S/C27H35N5O5S/c33-15-16-38(35,36)29-20-5-6-22(23(17-20)31-13-11-27(9-10-27)12-14-31)32-18-21(28-30-32)24-7-8-25(37-24)26(34)19-3-1-2-4-19/h5-8,17-19,26,29,33-34H,1-4,9-16H2. The summed E-state index contributed by atoms with van der Waals surface area (Å²) in [5.74, 6) is 0.985. The molecule has 3 N–H and O–H groups in total. The van der Waals surface area contributed by atoms with Crippen molar-refractivity contribution in [1.29, 1.82) is 0 Å². The molecule has 3 fully saturated rings. The van der Waals surface area contributed by atoms with Crippen LogP contribution >= 0.6 is 0 Å². The van der Waals surface area contributed by atoms with E-state index >= 15 is 0 Å². The molecule has 38 heavy (non-hydrogen) atoms. The first-order valence-electron chi connectivity index (χ1n) is 13.6. The average molecular weight is 542 g/mol. The second-order valence-corrected chi connectivity index (χ2v) is 12.9. The minimum Gasteiger partial charge on any atom is -0.457 e. The van der Waals surface area contributed by atoms with Gasteiger partial charge in [-0.05, 0) is 80.2 Å². The van der Waals surface area contributed by atoms with Crippen molar-refractivity contribution in [1.82, 2.24) is 15.0 Å².